The van der Waals surface area contributed by atoms with Crippen LogP contribution in [0.15, 0.2) is 12.3 Å². The molecule has 7 heteroatoms. The first-order valence-corrected chi connectivity index (χ1v) is 7.12. The third-order valence-electron chi connectivity index (χ3n) is 1.85. The van der Waals surface area contributed by atoms with Crippen LogP contribution in [-0.2, 0) is 9.53 Å². The summed E-state index contributed by atoms with van der Waals surface area (Å²) in [5.74, 6) is -0.766. The second kappa shape index (κ2) is 9.52. The lowest BCUT2D eigenvalue weighted by Gasteiger charge is -2.23. The summed E-state index contributed by atoms with van der Waals surface area (Å²) < 4.78 is 5.54. The molecule has 0 fully saturated rings. The Morgan fingerprint density at radius 1 is 1.59 bits per heavy atom. The van der Waals surface area contributed by atoms with Crippen LogP contribution in [0.1, 0.15) is 19.8 Å². The van der Waals surface area contributed by atoms with Gasteiger partial charge in [-0.05, 0) is 12.5 Å². The fourth-order valence-corrected chi connectivity index (χ4v) is 1.37. The Morgan fingerprint density at radius 2 is 2.24 bits per heavy atom. The standard InChI is InChI=1S/C10H16ClIN2O3/c1-2-3-6-14(8(11)9(13)15)10(16)17-7-4-5-12/h4,7-8H,2-3,5-6H2,1H3,(H2,13,15). The van der Waals surface area contributed by atoms with Gasteiger partial charge in [0, 0.05) is 11.0 Å². The molecular weight excluding hydrogens is 358 g/mol. The molecule has 5 nitrogen and oxygen atoms in total. The van der Waals surface area contributed by atoms with E-state index in [2.05, 4.69) is 22.6 Å². The minimum Gasteiger partial charge on any atom is -0.418 e. The van der Waals surface area contributed by atoms with E-state index in [1.165, 1.54) is 6.26 Å². The van der Waals surface area contributed by atoms with Gasteiger partial charge in [-0.3, -0.25) is 9.69 Å². The molecule has 98 valence electrons. The summed E-state index contributed by atoms with van der Waals surface area (Å²) in [6, 6.07) is 0. The third kappa shape index (κ3) is 6.72. The second-order valence-corrected chi connectivity index (χ2v) is 4.49. The zero-order valence-corrected chi connectivity index (χ0v) is 12.5. The summed E-state index contributed by atoms with van der Waals surface area (Å²) in [7, 11) is 0. The van der Waals surface area contributed by atoms with Gasteiger partial charge >= 0.3 is 6.09 Å². The maximum Gasteiger partial charge on any atom is 0.416 e. The van der Waals surface area contributed by atoms with E-state index < -0.39 is 17.5 Å². The zero-order chi connectivity index (χ0) is 13.3. The Balaban J connectivity index is 4.49. The molecule has 0 rings (SSSR count). The Kier molecular flexibility index (Phi) is 9.24. The highest BCUT2D eigenvalue weighted by molar-refractivity contribution is 14.1. The number of alkyl halides is 2. The first-order chi connectivity index (χ1) is 8.04. The minimum absolute atomic E-state index is 0.338. The van der Waals surface area contributed by atoms with Gasteiger partial charge in [0.1, 0.15) is 0 Å². The predicted octanol–water partition coefficient (Wildman–Crippen LogP) is 2.22. The summed E-state index contributed by atoms with van der Waals surface area (Å²) in [4.78, 5) is 23.7. The molecule has 0 aromatic carbocycles. The van der Waals surface area contributed by atoms with Crippen molar-refractivity contribution >= 4 is 46.2 Å². The van der Waals surface area contributed by atoms with Crippen LogP contribution in [0.5, 0.6) is 0 Å². The van der Waals surface area contributed by atoms with Gasteiger partial charge in [-0.1, -0.05) is 47.5 Å². The van der Waals surface area contributed by atoms with Crippen molar-refractivity contribution in [3.63, 3.8) is 0 Å². The molecule has 1 atom stereocenters. The van der Waals surface area contributed by atoms with E-state index in [-0.39, 0.29) is 0 Å². The van der Waals surface area contributed by atoms with Crippen LogP contribution in [0.4, 0.5) is 4.79 Å². The predicted molar refractivity (Wildman–Crippen MR) is 75.0 cm³/mol. The molecule has 0 bridgehead atoms. The van der Waals surface area contributed by atoms with Gasteiger partial charge in [0.05, 0.1) is 6.26 Å². The molecule has 0 aliphatic rings. The number of nitrogens with two attached hydrogens (primary N) is 1. The summed E-state index contributed by atoms with van der Waals surface area (Å²) in [6.45, 7) is 2.30. The Bertz CT molecular complexity index is 287. The smallest absolute Gasteiger partial charge is 0.416 e. The summed E-state index contributed by atoms with van der Waals surface area (Å²) >= 11 is 7.86. The van der Waals surface area contributed by atoms with E-state index in [0.29, 0.717) is 6.54 Å². The van der Waals surface area contributed by atoms with Crippen molar-refractivity contribution in [2.75, 3.05) is 11.0 Å². The second-order valence-electron chi connectivity index (χ2n) is 3.19. The van der Waals surface area contributed by atoms with Gasteiger partial charge in [0.15, 0.2) is 5.50 Å². The number of amides is 2. The number of nitrogens with zero attached hydrogens (tertiary/aromatic N) is 1. The molecule has 0 spiro atoms. The first-order valence-electron chi connectivity index (χ1n) is 5.16. The number of unbranched alkanes of at least 4 members (excludes halogenated alkanes) is 1. The van der Waals surface area contributed by atoms with Crippen LogP contribution < -0.4 is 5.73 Å². The average Bonchev–Trinajstić information content (AvgIpc) is 2.29. The fourth-order valence-electron chi connectivity index (χ4n) is 0.990. The molecule has 0 radical (unpaired) electrons. The lowest BCUT2D eigenvalue weighted by Crippen LogP contribution is -2.45. The van der Waals surface area contributed by atoms with E-state index in [9.17, 15) is 9.59 Å². The molecule has 2 amide bonds. The first kappa shape index (κ1) is 16.5. The summed E-state index contributed by atoms with van der Waals surface area (Å²) in [5, 5.41) is 0. The number of carbonyl (C=O) groups excluding carboxylic acids is 2. The van der Waals surface area contributed by atoms with E-state index in [4.69, 9.17) is 22.1 Å². The van der Waals surface area contributed by atoms with Crippen molar-refractivity contribution in [2.45, 2.75) is 25.3 Å². The van der Waals surface area contributed by atoms with Crippen LogP contribution in [-0.4, -0.2) is 33.4 Å². The molecule has 0 saturated heterocycles. The molecule has 0 heterocycles. The Hall–Kier alpha value is -0.500. The van der Waals surface area contributed by atoms with Gasteiger partial charge < -0.3 is 10.5 Å². The van der Waals surface area contributed by atoms with Crippen LogP contribution in [0, 0.1) is 0 Å². The monoisotopic (exact) mass is 374 g/mol. The van der Waals surface area contributed by atoms with Crippen molar-refractivity contribution in [3.8, 4) is 0 Å². The highest BCUT2D eigenvalue weighted by atomic mass is 127. The molecule has 17 heavy (non-hydrogen) atoms. The highest BCUT2D eigenvalue weighted by Gasteiger charge is 2.26. The number of hydrogen-bond acceptors (Lipinski definition) is 3. The number of primary amides is 1. The van der Waals surface area contributed by atoms with Crippen LogP contribution in [0.3, 0.4) is 0 Å². The molecule has 0 aromatic heterocycles. The maximum atomic E-state index is 11.6. The van der Waals surface area contributed by atoms with Crippen LogP contribution in [0.2, 0.25) is 0 Å². The van der Waals surface area contributed by atoms with Crippen molar-refractivity contribution in [2.24, 2.45) is 5.73 Å². The Morgan fingerprint density at radius 3 is 2.71 bits per heavy atom. The number of ether oxygens (including phenoxy) is 1. The number of rotatable bonds is 7. The normalized spacial score (nSPS) is 12.4. The fraction of sp³-hybridized carbons (Fsp3) is 0.600. The van der Waals surface area contributed by atoms with Gasteiger partial charge in [-0.2, -0.15) is 0 Å². The third-order valence-corrected chi connectivity index (χ3v) is 2.81. The van der Waals surface area contributed by atoms with Crippen LogP contribution >= 0.6 is 34.2 Å². The number of carbonyl (C=O) groups is 2. The molecule has 2 N–H and O–H groups in total. The number of allylic oxidation sites excluding steroid dienone is 1. The molecular formula is C10H16ClIN2O3. The Labute approximate surface area is 119 Å². The number of hydrogen-bond donors (Lipinski definition) is 1. The maximum absolute atomic E-state index is 11.6. The zero-order valence-electron chi connectivity index (χ0n) is 9.57. The van der Waals surface area contributed by atoms with Crippen molar-refractivity contribution in [1.82, 2.24) is 4.90 Å². The SMILES string of the molecule is CCCCN(C(=O)OC=CCI)C(Cl)C(N)=O. The summed E-state index contributed by atoms with van der Waals surface area (Å²) in [5.41, 5.74) is 3.88. The van der Waals surface area contributed by atoms with E-state index in [0.717, 1.165) is 22.2 Å². The van der Waals surface area contributed by atoms with Crippen LogP contribution in [0.25, 0.3) is 0 Å². The van der Waals surface area contributed by atoms with Gasteiger partial charge in [-0.25, -0.2) is 4.79 Å². The van der Waals surface area contributed by atoms with Gasteiger partial charge in [0.25, 0.3) is 5.91 Å². The average molecular weight is 375 g/mol. The molecule has 0 aliphatic heterocycles. The largest absolute Gasteiger partial charge is 0.418 e. The molecule has 0 saturated carbocycles. The highest BCUT2D eigenvalue weighted by Crippen LogP contribution is 2.09. The summed E-state index contributed by atoms with van der Waals surface area (Å²) in [6.07, 6.45) is 3.87. The van der Waals surface area contributed by atoms with E-state index in [1.54, 1.807) is 6.08 Å². The molecule has 1 unspecified atom stereocenters. The molecule has 0 aliphatic carbocycles. The molecule has 0 aromatic rings. The van der Waals surface area contributed by atoms with E-state index in [1.807, 2.05) is 6.92 Å². The lowest BCUT2D eigenvalue weighted by atomic mass is 10.3. The lowest BCUT2D eigenvalue weighted by molar-refractivity contribution is -0.120. The topological polar surface area (TPSA) is 72.6 Å². The number of halogens is 2. The van der Waals surface area contributed by atoms with E-state index >= 15 is 0 Å². The van der Waals surface area contributed by atoms with Gasteiger partial charge in [0.2, 0.25) is 0 Å². The van der Waals surface area contributed by atoms with Crippen molar-refractivity contribution in [3.05, 3.63) is 12.3 Å². The van der Waals surface area contributed by atoms with Crippen molar-refractivity contribution in [1.29, 1.82) is 0 Å². The van der Waals surface area contributed by atoms with Gasteiger partial charge in [-0.15, -0.1) is 0 Å². The quantitative estimate of drug-likeness (QED) is 0.321. The minimum atomic E-state index is -1.18. The van der Waals surface area contributed by atoms with Crippen molar-refractivity contribution < 1.29 is 14.3 Å².